The van der Waals surface area contributed by atoms with Crippen LogP contribution in [0.3, 0.4) is 0 Å². The van der Waals surface area contributed by atoms with E-state index < -0.39 is 17.8 Å². The molecule has 7 heteroatoms. The Hall–Kier alpha value is -3.32. The number of rotatable bonds is 3. The fraction of sp³-hybridized carbons (Fsp3) is 0.100. The molecule has 0 N–H and O–H groups in total. The molecule has 0 saturated heterocycles. The van der Waals surface area contributed by atoms with Gasteiger partial charge in [-0.15, -0.1) is 11.3 Å². The summed E-state index contributed by atoms with van der Waals surface area (Å²) in [7, 11) is 0. The van der Waals surface area contributed by atoms with Crippen LogP contribution >= 0.6 is 11.3 Å². The Labute approximate surface area is 159 Å². The molecule has 1 aliphatic rings. The normalized spacial score (nSPS) is 13.0. The van der Waals surface area contributed by atoms with Crippen LogP contribution in [0.2, 0.25) is 0 Å². The maximum absolute atomic E-state index is 12.6. The number of fused-ring (bicyclic) bond motifs is 1. The summed E-state index contributed by atoms with van der Waals surface area (Å²) in [5.74, 6) is -2.08. The van der Waals surface area contributed by atoms with Crippen molar-refractivity contribution in [1.29, 1.82) is 0 Å². The van der Waals surface area contributed by atoms with Gasteiger partial charge in [0.15, 0.2) is 0 Å². The van der Waals surface area contributed by atoms with Gasteiger partial charge in [0, 0.05) is 5.56 Å². The van der Waals surface area contributed by atoms with Crippen LogP contribution in [0.25, 0.3) is 10.6 Å². The zero-order valence-electron chi connectivity index (χ0n) is 14.6. The Morgan fingerprint density at radius 1 is 0.963 bits per heavy atom. The molecule has 1 aliphatic heterocycles. The van der Waals surface area contributed by atoms with Crippen molar-refractivity contribution >= 4 is 29.1 Å². The number of amides is 2. The second kappa shape index (κ2) is 6.44. The monoisotopic (exact) mass is 378 g/mol. The third kappa shape index (κ3) is 2.92. The molecule has 2 amide bonds. The first-order valence-corrected chi connectivity index (χ1v) is 9.02. The first-order valence-electron chi connectivity index (χ1n) is 8.20. The maximum atomic E-state index is 12.6. The highest BCUT2D eigenvalue weighted by Crippen LogP contribution is 2.30. The van der Waals surface area contributed by atoms with E-state index in [0.717, 1.165) is 22.5 Å². The molecule has 6 nitrogen and oxygen atoms in total. The Bertz CT molecular complexity index is 1050. The minimum atomic E-state index is -0.780. The minimum absolute atomic E-state index is 0.219. The van der Waals surface area contributed by atoms with E-state index in [1.165, 1.54) is 12.1 Å². The molecule has 2 aromatic carbocycles. The molecule has 2 heterocycles. The second-order valence-electron chi connectivity index (χ2n) is 6.13. The predicted molar refractivity (Wildman–Crippen MR) is 99.4 cm³/mol. The third-order valence-electron chi connectivity index (χ3n) is 4.21. The van der Waals surface area contributed by atoms with Crippen molar-refractivity contribution in [1.82, 2.24) is 10.0 Å². The highest BCUT2D eigenvalue weighted by Gasteiger charge is 2.39. The average Bonchev–Trinajstić information content (AvgIpc) is 3.16. The molecule has 0 fully saturated rings. The van der Waals surface area contributed by atoms with Crippen molar-refractivity contribution in [2.75, 3.05) is 0 Å². The lowest BCUT2D eigenvalue weighted by atomic mass is 10.1. The molecule has 1 aromatic heterocycles. The Kier molecular flexibility index (Phi) is 4.08. The Morgan fingerprint density at radius 3 is 2.15 bits per heavy atom. The largest absolute Gasteiger partial charge is 0.375 e. The van der Waals surface area contributed by atoms with Gasteiger partial charge in [-0.05, 0) is 26.0 Å². The number of hydrogen-bond acceptors (Lipinski definition) is 6. The number of benzene rings is 2. The lowest BCUT2D eigenvalue weighted by Crippen LogP contribution is -2.32. The topological polar surface area (TPSA) is 76.6 Å². The Balaban J connectivity index is 1.59. The number of nitrogens with zero attached hydrogens (tertiary/aromatic N) is 2. The van der Waals surface area contributed by atoms with Crippen LogP contribution in [-0.4, -0.2) is 27.8 Å². The van der Waals surface area contributed by atoms with Crippen LogP contribution in [-0.2, 0) is 4.84 Å². The van der Waals surface area contributed by atoms with Gasteiger partial charge in [-0.25, -0.2) is 9.78 Å². The van der Waals surface area contributed by atoms with E-state index in [9.17, 15) is 14.4 Å². The summed E-state index contributed by atoms with van der Waals surface area (Å²) in [6.07, 6.45) is 0. The number of hydroxylamine groups is 2. The number of aryl methyl sites for hydroxylation is 2. The molecule has 3 aromatic rings. The number of imide groups is 1. The van der Waals surface area contributed by atoms with Gasteiger partial charge in [0.1, 0.15) is 9.88 Å². The Morgan fingerprint density at radius 2 is 1.56 bits per heavy atom. The zero-order chi connectivity index (χ0) is 19.1. The molecule has 0 spiro atoms. The number of aromatic nitrogens is 1. The van der Waals surface area contributed by atoms with Crippen LogP contribution < -0.4 is 0 Å². The van der Waals surface area contributed by atoms with E-state index in [1.54, 1.807) is 19.1 Å². The van der Waals surface area contributed by atoms with E-state index in [4.69, 9.17) is 4.84 Å². The standard InChI is InChI=1S/C20H14N2O4S/c1-11-7-9-13(10-8-11)17-21-12(2)16(27-17)20(25)26-22-18(23)14-5-3-4-6-15(14)19(22)24/h3-10H,1-2H3. The number of carbonyl (C=O) groups excluding carboxylic acids is 3. The van der Waals surface area contributed by atoms with Gasteiger partial charge in [0.25, 0.3) is 11.8 Å². The van der Waals surface area contributed by atoms with Crippen LogP contribution in [0.4, 0.5) is 0 Å². The van der Waals surface area contributed by atoms with Crippen LogP contribution in [0, 0.1) is 13.8 Å². The van der Waals surface area contributed by atoms with Crippen molar-refractivity contribution in [3.8, 4) is 10.6 Å². The molecule has 0 atom stereocenters. The second-order valence-corrected chi connectivity index (χ2v) is 7.13. The molecule has 0 saturated carbocycles. The first kappa shape index (κ1) is 17.1. The summed E-state index contributed by atoms with van der Waals surface area (Å²) in [5.41, 5.74) is 2.93. The quantitative estimate of drug-likeness (QED) is 0.648. The van der Waals surface area contributed by atoms with Gasteiger partial charge < -0.3 is 4.84 Å². The van der Waals surface area contributed by atoms with Gasteiger partial charge in [0.2, 0.25) is 0 Å². The summed E-state index contributed by atoms with van der Waals surface area (Å²) < 4.78 is 0. The van der Waals surface area contributed by atoms with E-state index in [0.29, 0.717) is 15.8 Å². The van der Waals surface area contributed by atoms with Crippen LogP contribution in [0.15, 0.2) is 48.5 Å². The van der Waals surface area contributed by atoms with Gasteiger partial charge in [-0.1, -0.05) is 47.0 Å². The SMILES string of the molecule is Cc1ccc(-c2nc(C)c(C(=O)ON3C(=O)c4ccccc4C3=O)s2)cc1. The number of hydrogen-bond donors (Lipinski definition) is 0. The molecule has 0 unspecified atom stereocenters. The third-order valence-corrected chi connectivity index (χ3v) is 5.40. The fourth-order valence-electron chi connectivity index (χ4n) is 2.78. The van der Waals surface area contributed by atoms with Crippen molar-refractivity contribution < 1.29 is 19.2 Å². The lowest BCUT2D eigenvalue weighted by Gasteiger charge is -2.11. The molecule has 27 heavy (non-hydrogen) atoms. The van der Waals surface area contributed by atoms with Crippen LogP contribution in [0.1, 0.15) is 41.6 Å². The number of carbonyl (C=O) groups is 3. The molecule has 0 bridgehead atoms. The van der Waals surface area contributed by atoms with Gasteiger partial charge >= 0.3 is 5.97 Å². The summed E-state index contributed by atoms with van der Waals surface area (Å²) in [6, 6.07) is 14.1. The molecular weight excluding hydrogens is 364 g/mol. The van der Waals surface area contributed by atoms with E-state index >= 15 is 0 Å². The van der Waals surface area contributed by atoms with Crippen molar-refractivity contribution in [2.24, 2.45) is 0 Å². The fourth-order valence-corrected chi connectivity index (χ4v) is 3.72. The summed E-state index contributed by atoms with van der Waals surface area (Å²) >= 11 is 1.16. The first-order chi connectivity index (χ1) is 13.0. The summed E-state index contributed by atoms with van der Waals surface area (Å²) in [5, 5.41) is 1.18. The van der Waals surface area contributed by atoms with E-state index in [-0.39, 0.29) is 16.0 Å². The van der Waals surface area contributed by atoms with Gasteiger partial charge in [0.05, 0.1) is 16.8 Å². The van der Waals surface area contributed by atoms with Gasteiger partial charge in [-0.3, -0.25) is 9.59 Å². The molecular formula is C20H14N2O4S. The van der Waals surface area contributed by atoms with E-state index in [1.807, 2.05) is 31.2 Å². The molecule has 0 radical (unpaired) electrons. The zero-order valence-corrected chi connectivity index (χ0v) is 15.4. The predicted octanol–water partition coefficient (Wildman–Crippen LogP) is 3.79. The summed E-state index contributed by atoms with van der Waals surface area (Å²) in [4.78, 5) is 47.0. The average molecular weight is 378 g/mol. The maximum Gasteiger partial charge on any atom is 0.375 e. The van der Waals surface area contributed by atoms with Gasteiger partial charge in [-0.2, -0.15) is 0 Å². The molecule has 134 valence electrons. The van der Waals surface area contributed by atoms with Crippen molar-refractivity contribution in [3.63, 3.8) is 0 Å². The highest BCUT2D eigenvalue weighted by atomic mass is 32.1. The molecule has 4 rings (SSSR count). The van der Waals surface area contributed by atoms with Crippen molar-refractivity contribution in [2.45, 2.75) is 13.8 Å². The number of thiazole rings is 1. The van der Waals surface area contributed by atoms with E-state index in [2.05, 4.69) is 4.98 Å². The smallest absolute Gasteiger partial charge is 0.323 e. The van der Waals surface area contributed by atoms with Crippen LogP contribution in [0.5, 0.6) is 0 Å². The minimum Gasteiger partial charge on any atom is -0.323 e. The lowest BCUT2D eigenvalue weighted by molar-refractivity contribution is -0.0581. The summed E-state index contributed by atoms with van der Waals surface area (Å²) in [6.45, 7) is 3.68. The molecule has 0 aliphatic carbocycles. The van der Waals surface area contributed by atoms with Crippen molar-refractivity contribution in [3.05, 3.63) is 75.8 Å². The highest BCUT2D eigenvalue weighted by molar-refractivity contribution is 7.17.